The minimum Gasteiger partial charge on any atom is -0.369 e. The molecule has 1 saturated heterocycles. The Bertz CT molecular complexity index is 672. The van der Waals surface area contributed by atoms with Gasteiger partial charge < -0.3 is 4.90 Å². The number of piperazine rings is 1. The van der Waals surface area contributed by atoms with Crippen molar-refractivity contribution < 1.29 is 0 Å². The smallest absolute Gasteiger partial charge is 0.0992 e. The molecule has 162 valence electrons. The van der Waals surface area contributed by atoms with E-state index in [1.54, 1.807) is 0 Å². The molecule has 1 heterocycles. The van der Waals surface area contributed by atoms with Gasteiger partial charge in [0.15, 0.2) is 0 Å². The second-order valence-corrected chi connectivity index (χ2v) is 9.98. The fourth-order valence-corrected chi connectivity index (χ4v) is 5.10. The van der Waals surface area contributed by atoms with Crippen LogP contribution in [0.5, 0.6) is 0 Å². The van der Waals surface area contributed by atoms with Crippen molar-refractivity contribution >= 4 is 18.1 Å². The zero-order valence-corrected chi connectivity index (χ0v) is 19.7. The van der Waals surface area contributed by atoms with E-state index in [1.807, 2.05) is 6.07 Å². The van der Waals surface area contributed by atoms with Crippen molar-refractivity contribution in [2.45, 2.75) is 72.1 Å². The Morgan fingerprint density at radius 2 is 1.69 bits per heavy atom. The molecule has 1 aromatic carbocycles. The Kier molecular flexibility index (Phi) is 8.86. The van der Waals surface area contributed by atoms with Gasteiger partial charge in [-0.1, -0.05) is 40.2 Å². The Balaban J connectivity index is 0.00000300. The van der Waals surface area contributed by atoms with Gasteiger partial charge in [0.1, 0.15) is 0 Å². The van der Waals surface area contributed by atoms with E-state index in [-0.39, 0.29) is 12.4 Å². The number of anilines is 1. The fourth-order valence-electron chi connectivity index (χ4n) is 5.10. The highest BCUT2D eigenvalue weighted by atomic mass is 35.5. The van der Waals surface area contributed by atoms with Crippen molar-refractivity contribution in [2.24, 2.45) is 11.3 Å². The lowest BCUT2D eigenvalue weighted by Crippen LogP contribution is -2.47. The van der Waals surface area contributed by atoms with Gasteiger partial charge in [-0.2, -0.15) is 5.26 Å². The van der Waals surface area contributed by atoms with Gasteiger partial charge in [-0.15, -0.1) is 12.4 Å². The lowest BCUT2D eigenvalue weighted by atomic mass is 9.68. The van der Waals surface area contributed by atoms with Crippen LogP contribution in [0.4, 0.5) is 5.69 Å². The molecule has 0 unspecified atom stereocenters. The molecule has 29 heavy (non-hydrogen) atoms. The Labute approximate surface area is 184 Å². The Morgan fingerprint density at radius 1 is 1.03 bits per heavy atom. The number of unbranched alkanes of at least 4 members (excludes halogenated alkanes) is 1. The number of halogens is 1. The predicted octanol–water partition coefficient (Wildman–Crippen LogP) is 6.22. The van der Waals surface area contributed by atoms with Crippen molar-refractivity contribution in [3.05, 3.63) is 29.3 Å². The highest BCUT2D eigenvalue weighted by Gasteiger charge is 2.32. The summed E-state index contributed by atoms with van der Waals surface area (Å²) < 4.78 is 0. The van der Waals surface area contributed by atoms with Gasteiger partial charge in [0.2, 0.25) is 0 Å². The SMILES string of the molecule is CCCCN1CCN(c2cc(C#N)ccc2[C@H]2CC[C@@H](C(C)(C)C)CC2)CC1.Cl. The van der Waals surface area contributed by atoms with E-state index in [2.05, 4.69) is 55.7 Å². The molecule has 0 bridgehead atoms. The molecular formula is C25H40ClN3. The number of hydrogen-bond donors (Lipinski definition) is 0. The van der Waals surface area contributed by atoms with Gasteiger partial charge in [-0.25, -0.2) is 0 Å². The third-order valence-electron chi connectivity index (χ3n) is 7.09. The third-order valence-corrected chi connectivity index (χ3v) is 7.09. The lowest BCUT2D eigenvalue weighted by Gasteiger charge is -2.40. The summed E-state index contributed by atoms with van der Waals surface area (Å²) in [4.78, 5) is 5.15. The molecular weight excluding hydrogens is 378 g/mol. The van der Waals surface area contributed by atoms with Crippen LogP contribution in [0.3, 0.4) is 0 Å². The summed E-state index contributed by atoms with van der Waals surface area (Å²) in [6, 6.07) is 8.82. The number of nitriles is 1. The zero-order chi connectivity index (χ0) is 20.1. The first-order valence-electron chi connectivity index (χ1n) is 11.4. The third kappa shape index (κ3) is 6.12. The van der Waals surface area contributed by atoms with Crippen LogP contribution in [0.1, 0.15) is 83.3 Å². The quantitative estimate of drug-likeness (QED) is 0.569. The molecule has 3 rings (SSSR count). The Morgan fingerprint density at radius 3 is 2.24 bits per heavy atom. The summed E-state index contributed by atoms with van der Waals surface area (Å²) in [5.41, 5.74) is 4.06. The first kappa shape index (κ1) is 24.0. The molecule has 4 heteroatoms. The van der Waals surface area contributed by atoms with Gasteiger partial charge in [0, 0.05) is 31.9 Å². The molecule has 1 aliphatic heterocycles. The molecule has 1 aromatic rings. The van der Waals surface area contributed by atoms with E-state index in [9.17, 15) is 5.26 Å². The predicted molar refractivity (Wildman–Crippen MR) is 126 cm³/mol. The maximum Gasteiger partial charge on any atom is 0.0992 e. The number of benzene rings is 1. The molecule has 0 N–H and O–H groups in total. The maximum absolute atomic E-state index is 9.45. The zero-order valence-electron chi connectivity index (χ0n) is 18.9. The average Bonchev–Trinajstić information content (AvgIpc) is 2.71. The van der Waals surface area contributed by atoms with Gasteiger partial charge in [-0.05, 0) is 73.6 Å². The molecule has 2 aliphatic rings. The van der Waals surface area contributed by atoms with Crippen LogP contribution in [0, 0.1) is 22.7 Å². The summed E-state index contributed by atoms with van der Waals surface area (Å²) in [6.07, 6.45) is 7.81. The van der Waals surface area contributed by atoms with Gasteiger partial charge >= 0.3 is 0 Å². The van der Waals surface area contributed by atoms with Crippen LogP contribution in [-0.2, 0) is 0 Å². The average molecular weight is 418 g/mol. The summed E-state index contributed by atoms with van der Waals surface area (Å²) in [7, 11) is 0. The monoisotopic (exact) mass is 417 g/mol. The number of nitrogens with zero attached hydrogens (tertiary/aromatic N) is 3. The summed E-state index contributed by atoms with van der Waals surface area (Å²) in [6.45, 7) is 15.1. The van der Waals surface area contributed by atoms with Gasteiger partial charge in [0.05, 0.1) is 11.6 Å². The van der Waals surface area contributed by atoms with E-state index in [1.165, 1.54) is 56.3 Å². The molecule has 3 nitrogen and oxygen atoms in total. The van der Waals surface area contributed by atoms with Crippen LogP contribution in [-0.4, -0.2) is 37.6 Å². The lowest BCUT2D eigenvalue weighted by molar-refractivity contribution is 0.169. The molecule has 0 aromatic heterocycles. The molecule has 0 spiro atoms. The fraction of sp³-hybridized carbons (Fsp3) is 0.720. The van der Waals surface area contributed by atoms with E-state index in [0.29, 0.717) is 11.3 Å². The first-order valence-corrected chi connectivity index (χ1v) is 11.4. The van der Waals surface area contributed by atoms with Crippen LogP contribution in [0.15, 0.2) is 18.2 Å². The summed E-state index contributed by atoms with van der Waals surface area (Å²) in [5, 5.41) is 9.45. The van der Waals surface area contributed by atoms with E-state index >= 15 is 0 Å². The standard InChI is InChI=1S/C25H39N3.ClH/c1-5-6-13-27-14-16-28(17-15-27)24-18-20(19-26)7-12-23(24)21-8-10-22(11-9-21)25(2,3)4;/h7,12,18,21-22H,5-6,8-11,13-17H2,1-4H3;1H/t21-,22+;. The summed E-state index contributed by atoms with van der Waals surface area (Å²) in [5.74, 6) is 1.49. The Hall–Kier alpha value is -1.24. The van der Waals surface area contributed by atoms with Crippen LogP contribution >= 0.6 is 12.4 Å². The van der Waals surface area contributed by atoms with Crippen LogP contribution < -0.4 is 4.90 Å². The highest BCUT2D eigenvalue weighted by molar-refractivity contribution is 5.85. The second kappa shape index (κ2) is 10.7. The number of hydrogen-bond acceptors (Lipinski definition) is 3. The number of rotatable bonds is 5. The first-order chi connectivity index (χ1) is 13.4. The van der Waals surface area contributed by atoms with E-state index in [0.717, 1.165) is 37.7 Å². The molecule has 0 radical (unpaired) electrons. The minimum atomic E-state index is 0. The van der Waals surface area contributed by atoms with E-state index < -0.39 is 0 Å². The second-order valence-electron chi connectivity index (χ2n) is 9.98. The normalized spacial score (nSPS) is 23.3. The van der Waals surface area contributed by atoms with Gasteiger partial charge in [-0.3, -0.25) is 4.90 Å². The van der Waals surface area contributed by atoms with Crippen molar-refractivity contribution in [1.29, 1.82) is 5.26 Å². The molecule has 1 saturated carbocycles. The minimum absolute atomic E-state index is 0. The molecule has 0 atom stereocenters. The van der Waals surface area contributed by atoms with Crippen molar-refractivity contribution in [2.75, 3.05) is 37.6 Å². The van der Waals surface area contributed by atoms with Crippen molar-refractivity contribution in [3.63, 3.8) is 0 Å². The topological polar surface area (TPSA) is 30.3 Å². The molecule has 0 amide bonds. The largest absolute Gasteiger partial charge is 0.369 e. The molecule has 1 aliphatic carbocycles. The van der Waals surface area contributed by atoms with Crippen molar-refractivity contribution in [3.8, 4) is 6.07 Å². The summed E-state index contributed by atoms with van der Waals surface area (Å²) >= 11 is 0. The van der Waals surface area contributed by atoms with Crippen LogP contribution in [0.25, 0.3) is 0 Å². The van der Waals surface area contributed by atoms with E-state index in [4.69, 9.17) is 0 Å². The van der Waals surface area contributed by atoms with Crippen LogP contribution in [0.2, 0.25) is 0 Å². The highest BCUT2D eigenvalue weighted by Crippen LogP contribution is 2.45. The maximum atomic E-state index is 9.45. The molecule has 2 fully saturated rings. The van der Waals surface area contributed by atoms with Crippen molar-refractivity contribution in [1.82, 2.24) is 4.90 Å². The van der Waals surface area contributed by atoms with Gasteiger partial charge in [0.25, 0.3) is 0 Å².